The Kier molecular flexibility index (Phi) is 5.43. The van der Waals surface area contributed by atoms with Gasteiger partial charge in [0.05, 0.1) is 5.69 Å². The molecule has 1 rings (SSSR count). The van der Waals surface area contributed by atoms with Gasteiger partial charge in [0, 0.05) is 5.92 Å². The molecule has 1 atom stereocenters. The molecule has 0 saturated carbocycles. The molecule has 2 heteroatoms. The smallest absolute Gasteiger partial charge is 0.181 e. The van der Waals surface area contributed by atoms with E-state index in [1.54, 1.807) is 0 Å². The zero-order valence-electron chi connectivity index (χ0n) is 8.72. The van der Waals surface area contributed by atoms with Gasteiger partial charge in [-0.25, -0.2) is 4.98 Å². The fraction of sp³-hybridized carbons (Fsp3) is 0.700. The first-order chi connectivity index (χ1) is 5.75. The molecule has 1 unspecified atom stereocenters. The highest BCUT2D eigenvalue weighted by molar-refractivity contribution is 5.08. The molecule has 0 spiro atoms. The van der Waals surface area contributed by atoms with Gasteiger partial charge in [0.15, 0.2) is 6.39 Å². The van der Waals surface area contributed by atoms with Gasteiger partial charge in [-0.05, 0) is 13.3 Å². The van der Waals surface area contributed by atoms with E-state index in [9.17, 15) is 0 Å². The zero-order chi connectivity index (χ0) is 9.56. The molecule has 12 heavy (non-hydrogen) atoms. The van der Waals surface area contributed by atoms with Crippen LogP contribution in [0.1, 0.15) is 51.5 Å². The van der Waals surface area contributed by atoms with Crippen LogP contribution in [-0.4, -0.2) is 4.98 Å². The summed E-state index contributed by atoms with van der Waals surface area (Å²) in [5.74, 6) is 1.53. The highest BCUT2D eigenvalue weighted by Gasteiger charge is 2.09. The van der Waals surface area contributed by atoms with Crippen molar-refractivity contribution in [3.8, 4) is 0 Å². The maximum atomic E-state index is 5.21. The maximum Gasteiger partial charge on any atom is 0.181 e. The third-order valence-electron chi connectivity index (χ3n) is 1.84. The Labute approximate surface area is 75.0 Å². The monoisotopic (exact) mass is 169 g/mol. The van der Waals surface area contributed by atoms with E-state index in [0.29, 0.717) is 5.92 Å². The van der Waals surface area contributed by atoms with Crippen LogP contribution in [0.15, 0.2) is 10.8 Å². The van der Waals surface area contributed by atoms with Crippen LogP contribution < -0.4 is 0 Å². The second-order valence-electron chi connectivity index (χ2n) is 2.61. The van der Waals surface area contributed by atoms with E-state index in [-0.39, 0.29) is 0 Å². The number of rotatable bonds is 2. The predicted molar refractivity (Wildman–Crippen MR) is 51.3 cm³/mol. The van der Waals surface area contributed by atoms with Gasteiger partial charge in [-0.3, -0.25) is 0 Å². The van der Waals surface area contributed by atoms with Gasteiger partial charge in [-0.15, -0.1) is 0 Å². The molecule has 2 nitrogen and oxygen atoms in total. The van der Waals surface area contributed by atoms with Gasteiger partial charge >= 0.3 is 0 Å². The molecule has 0 aliphatic carbocycles. The number of oxazole rings is 1. The molecule has 0 saturated heterocycles. The first-order valence-corrected chi connectivity index (χ1v) is 4.65. The van der Waals surface area contributed by atoms with E-state index in [1.165, 1.54) is 6.39 Å². The second-order valence-corrected chi connectivity index (χ2v) is 2.61. The molecule has 70 valence electrons. The standard InChI is InChI=1S/C8H13NO.C2H6/c1-4-6(2)8-7(3)9-5-10-8;1-2/h5-6H,4H2,1-3H3;1-2H3. The summed E-state index contributed by atoms with van der Waals surface area (Å²) in [7, 11) is 0. The number of nitrogens with zero attached hydrogens (tertiary/aromatic N) is 1. The maximum absolute atomic E-state index is 5.21. The van der Waals surface area contributed by atoms with E-state index in [0.717, 1.165) is 17.9 Å². The first kappa shape index (κ1) is 11.2. The first-order valence-electron chi connectivity index (χ1n) is 4.65. The topological polar surface area (TPSA) is 26.0 Å². The van der Waals surface area contributed by atoms with E-state index >= 15 is 0 Å². The van der Waals surface area contributed by atoms with Crippen molar-refractivity contribution in [2.24, 2.45) is 0 Å². The molecular formula is C10H19NO. The summed E-state index contributed by atoms with van der Waals surface area (Å²) in [4.78, 5) is 4.02. The van der Waals surface area contributed by atoms with Crippen LogP contribution in [0.4, 0.5) is 0 Å². The summed E-state index contributed by atoms with van der Waals surface area (Å²) in [6.07, 6.45) is 2.62. The predicted octanol–water partition coefficient (Wildman–Crippen LogP) is 3.52. The lowest BCUT2D eigenvalue weighted by molar-refractivity contribution is 0.463. The van der Waals surface area contributed by atoms with Gasteiger partial charge in [-0.2, -0.15) is 0 Å². The SMILES string of the molecule is CC.CCC(C)c1ocnc1C. The molecule has 0 amide bonds. The Balaban J connectivity index is 0.000000561. The number of hydrogen-bond acceptors (Lipinski definition) is 2. The third kappa shape index (κ3) is 2.68. The molecule has 1 aromatic heterocycles. The Morgan fingerprint density at radius 1 is 1.50 bits per heavy atom. The summed E-state index contributed by atoms with van der Waals surface area (Å²) in [6.45, 7) is 10.3. The molecule has 0 aliphatic rings. The van der Waals surface area contributed by atoms with Crippen LogP contribution in [-0.2, 0) is 0 Å². The summed E-state index contributed by atoms with van der Waals surface area (Å²) < 4.78 is 5.21. The Morgan fingerprint density at radius 3 is 2.42 bits per heavy atom. The van der Waals surface area contributed by atoms with Gasteiger partial charge in [0.25, 0.3) is 0 Å². The van der Waals surface area contributed by atoms with E-state index in [2.05, 4.69) is 18.8 Å². The Hall–Kier alpha value is -0.790. The quantitative estimate of drug-likeness (QED) is 0.677. The van der Waals surface area contributed by atoms with Crippen LogP contribution in [0.25, 0.3) is 0 Å². The Bertz CT molecular complexity index is 205. The number of aromatic nitrogens is 1. The average molecular weight is 169 g/mol. The number of aryl methyl sites for hydroxylation is 1. The lowest BCUT2D eigenvalue weighted by Gasteiger charge is -2.03. The van der Waals surface area contributed by atoms with Crippen molar-refractivity contribution < 1.29 is 4.42 Å². The molecule has 0 radical (unpaired) electrons. The Morgan fingerprint density at radius 2 is 2.08 bits per heavy atom. The van der Waals surface area contributed by atoms with Gasteiger partial charge in [-0.1, -0.05) is 27.7 Å². The normalized spacial score (nSPS) is 11.8. The van der Waals surface area contributed by atoms with Crippen molar-refractivity contribution in [3.05, 3.63) is 17.8 Å². The molecule has 0 aliphatic heterocycles. The van der Waals surface area contributed by atoms with Crippen LogP contribution in [0, 0.1) is 6.92 Å². The largest absolute Gasteiger partial charge is 0.448 e. The molecule has 1 heterocycles. The van der Waals surface area contributed by atoms with Gasteiger partial charge in [0.1, 0.15) is 5.76 Å². The summed E-state index contributed by atoms with van der Waals surface area (Å²) in [5.41, 5.74) is 1.02. The minimum Gasteiger partial charge on any atom is -0.448 e. The van der Waals surface area contributed by atoms with Crippen molar-refractivity contribution in [2.75, 3.05) is 0 Å². The fourth-order valence-electron chi connectivity index (χ4n) is 0.969. The van der Waals surface area contributed by atoms with Crippen LogP contribution in [0.5, 0.6) is 0 Å². The number of hydrogen-bond donors (Lipinski definition) is 0. The van der Waals surface area contributed by atoms with E-state index < -0.39 is 0 Å². The highest BCUT2D eigenvalue weighted by Crippen LogP contribution is 2.20. The lowest BCUT2D eigenvalue weighted by Crippen LogP contribution is -1.90. The van der Waals surface area contributed by atoms with Crippen LogP contribution >= 0.6 is 0 Å². The molecule has 0 fully saturated rings. The van der Waals surface area contributed by atoms with Crippen LogP contribution in [0.3, 0.4) is 0 Å². The van der Waals surface area contributed by atoms with Crippen LogP contribution in [0.2, 0.25) is 0 Å². The molecule has 0 aromatic carbocycles. The molecule has 0 N–H and O–H groups in total. The van der Waals surface area contributed by atoms with Crippen molar-refractivity contribution in [1.29, 1.82) is 0 Å². The minimum atomic E-state index is 0.502. The van der Waals surface area contributed by atoms with Gasteiger partial charge < -0.3 is 4.42 Å². The second kappa shape index (κ2) is 5.81. The lowest BCUT2D eigenvalue weighted by atomic mass is 10.1. The molecule has 1 aromatic rings. The summed E-state index contributed by atoms with van der Waals surface area (Å²) in [5, 5.41) is 0. The van der Waals surface area contributed by atoms with Gasteiger partial charge in [0.2, 0.25) is 0 Å². The third-order valence-corrected chi connectivity index (χ3v) is 1.84. The van der Waals surface area contributed by atoms with E-state index in [1.807, 2.05) is 20.8 Å². The zero-order valence-corrected chi connectivity index (χ0v) is 8.72. The fourth-order valence-corrected chi connectivity index (χ4v) is 0.969. The van der Waals surface area contributed by atoms with Crippen molar-refractivity contribution >= 4 is 0 Å². The minimum absolute atomic E-state index is 0.502. The van der Waals surface area contributed by atoms with Crippen molar-refractivity contribution in [2.45, 2.75) is 47.0 Å². The van der Waals surface area contributed by atoms with Crippen molar-refractivity contribution in [1.82, 2.24) is 4.98 Å². The average Bonchev–Trinajstić information content (AvgIpc) is 2.54. The molecular weight excluding hydrogens is 150 g/mol. The highest BCUT2D eigenvalue weighted by atomic mass is 16.3. The summed E-state index contributed by atoms with van der Waals surface area (Å²) in [6, 6.07) is 0. The summed E-state index contributed by atoms with van der Waals surface area (Å²) >= 11 is 0. The van der Waals surface area contributed by atoms with Crippen molar-refractivity contribution in [3.63, 3.8) is 0 Å². The van der Waals surface area contributed by atoms with E-state index in [4.69, 9.17) is 4.42 Å². The molecule has 0 bridgehead atoms.